The molecule has 1 aliphatic heterocycles. The fraction of sp³-hybridized carbons (Fsp3) is 0.360. The highest BCUT2D eigenvalue weighted by Gasteiger charge is 2.31. The monoisotopic (exact) mass is 521 g/mol. The first-order chi connectivity index (χ1) is 16.5. The molecular formula is C25H28ClNO5S2. The van der Waals surface area contributed by atoms with Crippen molar-refractivity contribution in [3.8, 4) is 11.5 Å². The van der Waals surface area contributed by atoms with Crippen LogP contribution < -0.4 is 9.47 Å². The van der Waals surface area contributed by atoms with E-state index in [1.807, 2.05) is 35.7 Å². The number of halogens is 1. The van der Waals surface area contributed by atoms with E-state index < -0.39 is 10.0 Å². The topological polar surface area (TPSA) is 65.1 Å². The molecule has 0 aliphatic carbocycles. The third kappa shape index (κ3) is 6.31. The molecule has 1 aliphatic rings. The molecule has 0 saturated carbocycles. The van der Waals surface area contributed by atoms with Gasteiger partial charge in [0.25, 0.3) is 0 Å². The van der Waals surface area contributed by atoms with Crippen LogP contribution in [0, 0.1) is 0 Å². The number of benzene rings is 2. The molecule has 34 heavy (non-hydrogen) atoms. The molecule has 1 atom stereocenters. The van der Waals surface area contributed by atoms with Crippen LogP contribution in [-0.4, -0.2) is 45.7 Å². The van der Waals surface area contributed by atoms with Crippen molar-refractivity contribution in [2.24, 2.45) is 0 Å². The van der Waals surface area contributed by atoms with E-state index in [9.17, 15) is 8.42 Å². The molecular weight excluding hydrogens is 494 g/mol. The summed E-state index contributed by atoms with van der Waals surface area (Å²) < 4.78 is 46.0. The smallest absolute Gasteiger partial charge is 0.247 e. The molecule has 0 spiro atoms. The highest BCUT2D eigenvalue weighted by molar-refractivity contribution is 7.89. The summed E-state index contributed by atoms with van der Waals surface area (Å²) in [5, 5.41) is 2.38. The molecule has 2 aromatic carbocycles. The summed E-state index contributed by atoms with van der Waals surface area (Å²) in [5.41, 5.74) is 0.830. The van der Waals surface area contributed by atoms with Crippen LogP contribution >= 0.6 is 22.9 Å². The van der Waals surface area contributed by atoms with Crippen LogP contribution in [0.15, 0.2) is 64.9 Å². The van der Waals surface area contributed by atoms with Crippen molar-refractivity contribution >= 4 is 33.0 Å². The summed E-state index contributed by atoms with van der Waals surface area (Å²) in [5.74, 6) is 0.969. The van der Waals surface area contributed by atoms with Crippen molar-refractivity contribution in [1.29, 1.82) is 0 Å². The molecule has 1 saturated heterocycles. The van der Waals surface area contributed by atoms with Crippen LogP contribution in [0.25, 0.3) is 0 Å². The van der Waals surface area contributed by atoms with Crippen LogP contribution in [0.1, 0.15) is 23.3 Å². The first-order valence-corrected chi connectivity index (χ1v) is 13.8. The molecule has 9 heteroatoms. The number of ether oxygens (including phenoxy) is 3. The minimum atomic E-state index is -3.91. The zero-order valence-corrected chi connectivity index (χ0v) is 21.4. The van der Waals surface area contributed by atoms with Gasteiger partial charge in [-0.15, -0.1) is 11.3 Å². The van der Waals surface area contributed by atoms with E-state index in [0.717, 1.165) is 24.8 Å². The lowest BCUT2D eigenvalue weighted by Crippen LogP contribution is -2.37. The summed E-state index contributed by atoms with van der Waals surface area (Å²) in [6.45, 7) is 1.63. The van der Waals surface area contributed by atoms with E-state index in [4.69, 9.17) is 25.8 Å². The summed E-state index contributed by atoms with van der Waals surface area (Å²) in [4.78, 5) is 1.31. The highest BCUT2D eigenvalue weighted by atomic mass is 35.5. The van der Waals surface area contributed by atoms with E-state index in [1.54, 1.807) is 23.5 Å². The van der Waals surface area contributed by atoms with Gasteiger partial charge in [-0.25, -0.2) is 8.42 Å². The highest BCUT2D eigenvalue weighted by Crippen LogP contribution is 2.31. The predicted molar refractivity (Wildman–Crippen MR) is 135 cm³/mol. The number of nitrogens with zero attached hydrogens (tertiary/aromatic N) is 1. The fourth-order valence-corrected chi connectivity index (χ4v) is 6.48. The van der Waals surface area contributed by atoms with Crippen molar-refractivity contribution < 1.29 is 22.6 Å². The summed E-state index contributed by atoms with van der Waals surface area (Å²) in [7, 11) is -2.46. The van der Waals surface area contributed by atoms with Gasteiger partial charge >= 0.3 is 0 Å². The Kier molecular flexibility index (Phi) is 8.50. The second-order valence-electron chi connectivity index (χ2n) is 8.05. The Morgan fingerprint density at radius 1 is 1.18 bits per heavy atom. The minimum Gasteiger partial charge on any atom is -0.495 e. The quantitative estimate of drug-likeness (QED) is 0.338. The SMILES string of the molecule is COc1ccc(Cl)cc1S(=O)(=O)N(Cc1cccc(OCCc2cccs2)c1)C[C@H]1CCCO1. The van der Waals surface area contributed by atoms with Crippen LogP contribution in [0.2, 0.25) is 5.02 Å². The Morgan fingerprint density at radius 3 is 2.79 bits per heavy atom. The standard InChI is InChI=1S/C25H28ClNO5S2/c1-30-24-10-9-20(26)16-25(24)34(28,29)27(18-22-7-3-12-31-22)17-19-5-2-6-21(15-19)32-13-11-23-8-4-14-33-23/h2,4-6,8-10,14-16,22H,3,7,11-13,17-18H2,1H3/t22-/m1/s1. The zero-order valence-electron chi connectivity index (χ0n) is 19.0. The van der Waals surface area contributed by atoms with Crippen molar-refractivity contribution in [1.82, 2.24) is 4.31 Å². The zero-order chi connectivity index (χ0) is 24.0. The number of rotatable bonds is 11. The van der Waals surface area contributed by atoms with Crippen molar-refractivity contribution in [3.63, 3.8) is 0 Å². The molecule has 1 aromatic heterocycles. The molecule has 0 radical (unpaired) electrons. The van der Waals surface area contributed by atoms with Gasteiger partial charge in [0, 0.05) is 36.0 Å². The number of hydrogen-bond acceptors (Lipinski definition) is 6. The minimum absolute atomic E-state index is 0.0452. The molecule has 3 aromatic rings. The summed E-state index contributed by atoms with van der Waals surface area (Å²) in [6, 6.07) is 16.3. The summed E-state index contributed by atoms with van der Waals surface area (Å²) in [6.07, 6.45) is 2.43. The molecule has 6 nitrogen and oxygen atoms in total. The molecule has 0 unspecified atom stereocenters. The third-order valence-electron chi connectivity index (χ3n) is 5.63. The first kappa shape index (κ1) is 25.0. The van der Waals surface area contributed by atoms with Gasteiger partial charge in [-0.3, -0.25) is 0 Å². The van der Waals surface area contributed by atoms with Gasteiger partial charge in [0.2, 0.25) is 10.0 Å². The predicted octanol–water partition coefficient (Wildman–Crippen LogP) is 5.40. The maximum atomic E-state index is 13.7. The first-order valence-electron chi connectivity index (χ1n) is 11.1. The molecule has 0 amide bonds. The van der Waals surface area contributed by atoms with Gasteiger partial charge in [-0.1, -0.05) is 29.8 Å². The fourth-order valence-electron chi connectivity index (χ4n) is 3.92. The van der Waals surface area contributed by atoms with Crippen LogP contribution in [-0.2, 0) is 27.7 Å². The van der Waals surface area contributed by atoms with E-state index in [-0.39, 0.29) is 29.8 Å². The largest absolute Gasteiger partial charge is 0.495 e. The Hall–Kier alpha value is -2.10. The molecule has 4 rings (SSSR count). The number of methoxy groups -OCH3 is 1. The van der Waals surface area contributed by atoms with Crippen LogP contribution in [0.5, 0.6) is 11.5 Å². The van der Waals surface area contributed by atoms with E-state index >= 15 is 0 Å². The van der Waals surface area contributed by atoms with E-state index in [0.29, 0.717) is 24.0 Å². The Bertz CT molecular complexity index is 1180. The number of thiophene rings is 1. The van der Waals surface area contributed by atoms with E-state index in [1.165, 1.54) is 22.4 Å². The van der Waals surface area contributed by atoms with Crippen molar-refractivity contribution in [2.75, 3.05) is 26.9 Å². The lowest BCUT2D eigenvalue weighted by Gasteiger charge is -2.26. The number of hydrogen-bond donors (Lipinski definition) is 0. The molecule has 0 N–H and O–H groups in total. The maximum absolute atomic E-state index is 13.7. The van der Waals surface area contributed by atoms with Gasteiger partial charge in [0.1, 0.15) is 16.4 Å². The Balaban J connectivity index is 1.55. The van der Waals surface area contributed by atoms with Gasteiger partial charge < -0.3 is 14.2 Å². The average molecular weight is 522 g/mol. The molecule has 1 fully saturated rings. The second kappa shape index (κ2) is 11.6. The van der Waals surface area contributed by atoms with Crippen molar-refractivity contribution in [3.05, 3.63) is 75.4 Å². The van der Waals surface area contributed by atoms with Gasteiger partial charge in [-0.05, 0) is 60.2 Å². The van der Waals surface area contributed by atoms with Crippen LogP contribution in [0.3, 0.4) is 0 Å². The van der Waals surface area contributed by atoms with Gasteiger partial charge in [-0.2, -0.15) is 4.31 Å². The average Bonchev–Trinajstić information content (AvgIpc) is 3.53. The second-order valence-corrected chi connectivity index (χ2v) is 11.4. The Labute approximate surface area is 210 Å². The lowest BCUT2D eigenvalue weighted by molar-refractivity contribution is 0.0925. The molecule has 0 bridgehead atoms. The van der Waals surface area contributed by atoms with Gasteiger partial charge in [0.15, 0.2) is 0 Å². The normalized spacial score (nSPS) is 16.1. The third-order valence-corrected chi connectivity index (χ3v) is 8.63. The Morgan fingerprint density at radius 2 is 2.06 bits per heavy atom. The lowest BCUT2D eigenvalue weighted by atomic mass is 10.2. The molecule has 2 heterocycles. The van der Waals surface area contributed by atoms with Crippen molar-refractivity contribution in [2.45, 2.75) is 36.8 Å². The van der Waals surface area contributed by atoms with E-state index in [2.05, 4.69) is 6.07 Å². The molecule has 182 valence electrons. The van der Waals surface area contributed by atoms with Crippen LogP contribution in [0.4, 0.5) is 0 Å². The number of sulfonamides is 1. The van der Waals surface area contributed by atoms with Gasteiger partial charge in [0.05, 0.1) is 19.8 Å². The summed E-state index contributed by atoms with van der Waals surface area (Å²) >= 11 is 7.85. The maximum Gasteiger partial charge on any atom is 0.247 e.